The van der Waals surface area contributed by atoms with Crippen LogP contribution in [-0.4, -0.2) is 48.1 Å². The number of hydrogen-bond acceptors (Lipinski definition) is 4. The maximum atomic E-state index is 13.0. The first-order valence-corrected chi connectivity index (χ1v) is 11.2. The van der Waals surface area contributed by atoms with Crippen molar-refractivity contribution in [2.45, 2.75) is 25.4 Å². The molecule has 6 heteroatoms. The van der Waals surface area contributed by atoms with Gasteiger partial charge in [-0.15, -0.1) is 0 Å². The minimum atomic E-state index is -0.470. The van der Waals surface area contributed by atoms with Gasteiger partial charge < -0.3 is 20.5 Å². The van der Waals surface area contributed by atoms with Crippen LogP contribution in [0.2, 0.25) is 0 Å². The van der Waals surface area contributed by atoms with Crippen molar-refractivity contribution in [2.24, 2.45) is 5.73 Å². The number of carbonyl (C=O) groups is 2. The van der Waals surface area contributed by atoms with Gasteiger partial charge in [0.05, 0.1) is 13.2 Å². The standard InChI is InChI=1S/C27H26N2O4/c1-33-21-6-2-4-16(11-21)18-12-23-22-8-7-17(27(32)29-9-3-5-20(30)15-29)10-19(22)14-24(23)25(13-18)26(28)31/h2,4,6-8,10-13,20,30H,3,5,9,14-15H2,1H3,(H2,28,31)/t20-/m1/s1. The van der Waals surface area contributed by atoms with Crippen molar-refractivity contribution in [1.82, 2.24) is 4.90 Å². The van der Waals surface area contributed by atoms with Gasteiger partial charge in [-0.25, -0.2) is 0 Å². The Morgan fingerprint density at radius 2 is 1.91 bits per heavy atom. The lowest BCUT2D eigenvalue weighted by Crippen LogP contribution is -2.42. The Bertz CT molecular complexity index is 1270. The van der Waals surface area contributed by atoms with E-state index in [9.17, 15) is 14.7 Å². The molecule has 0 unspecified atom stereocenters. The number of nitrogens with two attached hydrogens (primary N) is 1. The Hall–Kier alpha value is -3.64. The van der Waals surface area contributed by atoms with Gasteiger partial charge in [0, 0.05) is 24.2 Å². The van der Waals surface area contributed by atoms with Crippen LogP contribution in [0.25, 0.3) is 22.3 Å². The molecule has 2 aliphatic rings. The summed E-state index contributed by atoms with van der Waals surface area (Å²) in [5.41, 5.74) is 12.5. The summed E-state index contributed by atoms with van der Waals surface area (Å²) in [5, 5.41) is 9.94. The monoisotopic (exact) mass is 442 g/mol. The normalized spacial score (nSPS) is 16.8. The number of piperidine rings is 1. The zero-order valence-electron chi connectivity index (χ0n) is 18.5. The maximum absolute atomic E-state index is 13.0. The number of benzene rings is 3. The van der Waals surface area contributed by atoms with Crippen molar-refractivity contribution in [3.8, 4) is 28.0 Å². The Morgan fingerprint density at radius 1 is 1.06 bits per heavy atom. The average Bonchev–Trinajstić information content (AvgIpc) is 3.20. The minimum absolute atomic E-state index is 0.0697. The lowest BCUT2D eigenvalue weighted by atomic mass is 9.94. The molecule has 33 heavy (non-hydrogen) atoms. The van der Waals surface area contributed by atoms with E-state index in [1.54, 1.807) is 12.0 Å². The molecule has 0 aromatic heterocycles. The molecule has 1 heterocycles. The molecule has 1 saturated heterocycles. The third-order valence-corrected chi connectivity index (χ3v) is 6.61. The predicted molar refractivity (Wildman–Crippen MR) is 126 cm³/mol. The topological polar surface area (TPSA) is 92.9 Å². The zero-order chi connectivity index (χ0) is 23.1. The Morgan fingerprint density at radius 3 is 2.67 bits per heavy atom. The molecule has 3 N–H and O–H groups in total. The van der Waals surface area contributed by atoms with Gasteiger partial charge in [0.1, 0.15) is 5.75 Å². The highest BCUT2D eigenvalue weighted by atomic mass is 16.5. The van der Waals surface area contributed by atoms with Crippen LogP contribution < -0.4 is 10.5 Å². The number of nitrogens with zero attached hydrogens (tertiary/aromatic N) is 1. The van der Waals surface area contributed by atoms with E-state index in [4.69, 9.17) is 10.5 Å². The van der Waals surface area contributed by atoms with Gasteiger partial charge in [0.2, 0.25) is 5.91 Å². The SMILES string of the molecule is COc1cccc(-c2cc(C(N)=O)c3c(c2)-c2ccc(C(=O)N4CCC[C@@H](O)C4)cc2C3)c1. The van der Waals surface area contributed by atoms with E-state index < -0.39 is 12.0 Å². The molecule has 1 aliphatic heterocycles. The van der Waals surface area contributed by atoms with E-state index in [2.05, 4.69) is 6.07 Å². The van der Waals surface area contributed by atoms with E-state index in [0.29, 0.717) is 30.6 Å². The largest absolute Gasteiger partial charge is 0.497 e. The summed E-state index contributed by atoms with van der Waals surface area (Å²) in [7, 11) is 1.62. The quantitative estimate of drug-likeness (QED) is 0.505. The average molecular weight is 443 g/mol. The van der Waals surface area contributed by atoms with Crippen LogP contribution in [0.4, 0.5) is 0 Å². The predicted octanol–water partition coefficient (Wildman–Crippen LogP) is 3.63. The van der Waals surface area contributed by atoms with Gasteiger partial charge in [-0.1, -0.05) is 18.2 Å². The molecular weight excluding hydrogens is 416 g/mol. The Balaban J connectivity index is 1.54. The first-order valence-electron chi connectivity index (χ1n) is 11.2. The number of fused-ring (bicyclic) bond motifs is 3. The second-order valence-electron chi connectivity index (χ2n) is 8.74. The van der Waals surface area contributed by atoms with Crippen molar-refractivity contribution in [2.75, 3.05) is 20.2 Å². The van der Waals surface area contributed by atoms with E-state index >= 15 is 0 Å². The first kappa shape index (κ1) is 21.2. The van der Waals surface area contributed by atoms with Crippen molar-refractivity contribution in [3.05, 3.63) is 76.9 Å². The van der Waals surface area contributed by atoms with E-state index in [-0.39, 0.29) is 5.91 Å². The first-order chi connectivity index (χ1) is 15.9. The van der Waals surface area contributed by atoms with Crippen LogP contribution in [0.1, 0.15) is 44.7 Å². The number of ether oxygens (including phenoxy) is 1. The van der Waals surface area contributed by atoms with Gasteiger partial charge in [-0.05, 0) is 89.0 Å². The zero-order valence-corrected chi connectivity index (χ0v) is 18.5. The third-order valence-electron chi connectivity index (χ3n) is 6.61. The van der Waals surface area contributed by atoms with Gasteiger partial charge in [-0.3, -0.25) is 9.59 Å². The van der Waals surface area contributed by atoms with Crippen LogP contribution in [-0.2, 0) is 6.42 Å². The summed E-state index contributed by atoms with van der Waals surface area (Å²) in [4.78, 5) is 27.1. The van der Waals surface area contributed by atoms with Crippen LogP contribution in [0.5, 0.6) is 5.75 Å². The summed E-state index contributed by atoms with van der Waals surface area (Å²) < 4.78 is 5.35. The fourth-order valence-corrected chi connectivity index (χ4v) is 4.94. The van der Waals surface area contributed by atoms with Gasteiger partial charge in [0.15, 0.2) is 0 Å². The number of carbonyl (C=O) groups excluding carboxylic acids is 2. The van der Waals surface area contributed by atoms with Crippen molar-refractivity contribution >= 4 is 11.8 Å². The summed E-state index contributed by atoms with van der Waals surface area (Å²) in [5.74, 6) is 0.196. The molecule has 168 valence electrons. The highest BCUT2D eigenvalue weighted by molar-refractivity contribution is 6.01. The van der Waals surface area contributed by atoms with Crippen molar-refractivity contribution in [3.63, 3.8) is 0 Å². The van der Waals surface area contributed by atoms with Gasteiger partial charge in [-0.2, -0.15) is 0 Å². The van der Waals surface area contributed by atoms with Gasteiger partial charge >= 0.3 is 0 Å². The van der Waals surface area contributed by atoms with E-state index in [1.807, 2.05) is 48.5 Å². The number of hydrogen-bond donors (Lipinski definition) is 2. The van der Waals surface area contributed by atoms with E-state index in [1.165, 1.54) is 0 Å². The molecule has 0 spiro atoms. The molecule has 5 rings (SSSR count). The number of aliphatic hydroxyl groups is 1. The maximum Gasteiger partial charge on any atom is 0.253 e. The number of primary amides is 1. The second kappa shape index (κ2) is 8.37. The number of aliphatic hydroxyl groups excluding tert-OH is 1. The fourth-order valence-electron chi connectivity index (χ4n) is 4.94. The Labute approximate surface area is 192 Å². The van der Waals surface area contributed by atoms with Crippen molar-refractivity contribution < 1.29 is 19.4 Å². The number of likely N-dealkylation sites (tertiary alicyclic amines) is 1. The summed E-state index contributed by atoms with van der Waals surface area (Å²) in [6.07, 6.45) is 1.62. The van der Waals surface area contributed by atoms with Crippen LogP contribution in [0.15, 0.2) is 54.6 Å². The molecule has 3 aromatic carbocycles. The number of β-amino-alcohol motifs (C(OH)–C–C–N with tert-alkyl or cyclic N) is 1. The molecule has 3 aromatic rings. The summed E-state index contributed by atoms with van der Waals surface area (Å²) >= 11 is 0. The number of rotatable bonds is 4. The highest BCUT2D eigenvalue weighted by Gasteiger charge is 2.27. The molecule has 1 aliphatic carbocycles. The van der Waals surface area contributed by atoms with Gasteiger partial charge in [0.25, 0.3) is 5.91 Å². The molecule has 6 nitrogen and oxygen atoms in total. The fraction of sp³-hybridized carbons (Fsp3) is 0.259. The van der Waals surface area contributed by atoms with E-state index in [0.717, 1.165) is 52.0 Å². The summed E-state index contributed by atoms with van der Waals surface area (Å²) in [6.45, 7) is 1.02. The smallest absolute Gasteiger partial charge is 0.253 e. The summed E-state index contributed by atoms with van der Waals surface area (Å²) in [6, 6.07) is 17.3. The Kier molecular flexibility index (Phi) is 5.38. The molecule has 0 radical (unpaired) electrons. The van der Waals surface area contributed by atoms with Crippen LogP contribution >= 0.6 is 0 Å². The van der Waals surface area contributed by atoms with Crippen molar-refractivity contribution in [1.29, 1.82) is 0 Å². The molecule has 0 bridgehead atoms. The highest BCUT2D eigenvalue weighted by Crippen LogP contribution is 2.42. The number of amides is 2. The molecule has 0 saturated carbocycles. The molecule has 1 fully saturated rings. The number of methoxy groups -OCH3 is 1. The molecular formula is C27H26N2O4. The third kappa shape index (κ3) is 3.87. The second-order valence-corrected chi connectivity index (χ2v) is 8.74. The molecule has 2 amide bonds. The molecule has 1 atom stereocenters. The lowest BCUT2D eigenvalue weighted by Gasteiger charge is -2.30. The van der Waals surface area contributed by atoms with Crippen LogP contribution in [0, 0.1) is 0 Å². The lowest BCUT2D eigenvalue weighted by molar-refractivity contribution is 0.0473. The van der Waals surface area contributed by atoms with Crippen LogP contribution in [0.3, 0.4) is 0 Å². The minimum Gasteiger partial charge on any atom is -0.497 e.